The Kier molecular flexibility index (Phi) is 6.28. The number of hydrogen-bond donors (Lipinski definition) is 3. The number of aromatic nitrogens is 3. The lowest BCUT2D eigenvalue weighted by Gasteiger charge is -2.19. The van der Waals surface area contributed by atoms with E-state index in [1.807, 2.05) is 41.8 Å². The van der Waals surface area contributed by atoms with Crippen molar-refractivity contribution in [2.24, 2.45) is 23.5 Å². The molecule has 4 N–H and O–H groups in total. The number of aliphatic hydroxyl groups is 2. The van der Waals surface area contributed by atoms with Gasteiger partial charge in [-0.05, 0) is 49.9 Å². The lowest BCUT2D eigenvalue weighted by molar-refractivity contribution is 0.132. The molecule has 1 saturated carbocycles. The molecule has 2 aromatic heterocycles. The third kappa shape index (κ3) is 4.52. The zero-order chi connectivity index (χ0) is 23.8. The number of nitrogens with zero attached hydrogens (tertiary/aromatic N) is 4. The number of fused-ring (bicyclic) bond motifs is 1. The molecule has 34 heavy (non-hydrogen) atoms. The molecule has 0 amide bonds. The first-order valence-corrected chi connectivity index (χ1v) is 11.8. The molecule has 1 aromatic carbocycles. The van der Waals surface area contributed by atoms with Crippen LogP contribution in [0.2, 0.25) is 0 Å². The van der Waals surface area contributed by atoms with Crippen molar-refractivity contribution < 1.29 is 14.7 Å². The molecular weight excluding hydrogens is 430 g/mol. The van der Waals surface area contributed by atoms with Crippen molar-refractivity contribution in [1.29, 1.82) is 0 Å². The highest BCUT2D eigenvalue weighted by Crippen LogP contribution is 2.51. The van der Waals surface area contributed by atoms with Gasteiger partial charge in [-0.15, -0.1) is 0 Å². The Morgan fingerprint density at radius 3 is 2.56 bits per heavy atom. The number of imidazole rings is 1. The lowest BCUT2D eigenvalue weighted by Crippen LogP contribution is -2.31. The van der Waals surface area contributed by atoms with E-state index >= 15 is 0 Å². The van der Waals surface area contributed by atoms with E-state index in [0.29, 0.717) is 41.6 Å². The third-order valence-corrected chi connectivity index (χ3v) is 6.85. The van der Waals surface area contributed by atoms with Gasteiger partial charge in [-0.1, -0.05) is 17.0 Å². The molecule has 0 radical (unpaired) electrons. The summed E-state index contributed by atoms with van der Waals surface area (Å²) in [4.78, 5) is 6.57. The van der Waals surface area contributed by atoms with E-state index in [0.717, 1.165) is 30.8 Å². The van der Waals surface area contributed by atoms with Gasteiger partial charge in [-0.2, -0.15) is 0 Å². The van der Waals surface area contributed by atoms with E-state index < -0.39 is 6.10 Å². The number of nitrogens with two attached hydrogens (primary N) is 1. The Balaban J connectivity index is 1.24. The minimum atomic E-state index is -0.706. The quantitative estimate of drug-likeness (QED) is 0.462. The molecule has 3 aromatic rings. The van der Waals surface area contributed by atoms with Gasteiger partial charge in [0.25, 0.3) is 0 Å². The van der Waals surface area contributed by atoms with Crippen molar-refractivity contribution in [2.45, 2.75) is 32.1 Å². The molecular formula is C26H31N5O3. The number of aliphatic hydroxyl groups excluding tert-OH is 2. The average Bonchev–Trinajstić information content (AvgIpc) is 3.31. The zero-order valence-electron chi connectivity index (χ0n) is 19.5. The topological polar surface area (TPSA) is 114 Å². The molecule has 8 heteroatoms. The fraction of sp³-hybridized carbons (Fsp3) is 0.462. The molecule has 0 bridgehead atoms. The van der Waals surface area contributed by atoms with Gasteiger partial charge >= 0.3 is 0 Å². The van der Waals surface area contributed by atoms with Crippen molar-refractivity contribution in [1.82, 2.24) is 19.6 Å². The van der Waals surface area contributed by atoms with Crippen LogP contribution in [0.3, 0.4) is 0 Å². The number of hydrogen-bond acceptors (Lipinski definition) is 7. The van der Waals surface area contributed by atoms with Crippen LogP contribution in [0, 0.1) is 29.6 Å². The van der Waals surface area contributed by atoms with Crippen LogP contribution in [0.25, 0.3) is 11.3 Å². The Morgan fingerprint density at radius 1 is 1.18 bits per heavy atom. The number of rotatable bonds is 7. The highest BCUT2D eigenvalue weighted by Gasteiger charge is 2.54. The van der Waals surface area contributed by atoms with E-state index in [1.54, 1.807) is 19.3 Å². The van der Waals surface area contributed by atoms with Crippen LogP contribution in [0.5, 0.6) is 0 Å². The fourth-order valence-corrected chi connectivity index (χ4v) is 5.11. The lowest BCUT2D eigenvalue weighted by atomic mass is 10.1. The number of likely N-dealkylation sites (tertiary alicyclic amines) is 1. The largest absolute Gasteiger partial charge is 0.392 e. The highest BCUT2D eigenvalue weighted by molar-refractivity contribution is 5.59. The zero-order valence-corrected chi connectivity index (χ0v) is 19.5. The van der Waals surface area contributed by atoms with Crippen LogP contribution in [0.15, 0.2) is 47.2 Å². The van der Waals surface area contributed by atoms with E-state index in [2.05, 4.69) is 26.9 Å². The summed E-state index contributed by atoms with van der Waals surface area (Å²) in [5, 5.41) is 23.8. The second-order valence-electron chi connectivity index (χ2n) is 9.50. The van der Waals surface area contributed by atoms with Gasteiger partial charge in [0.05, 0.1) is 12.1 Å². The molecule has 2 aliphatic rings. The molecule has 1 saturated heterocycles. The van der Waals surface area contributed by atoms with Gasteiger partial charge < -0.3 is 29.9 Å². The molecule has 3 heterocycles. The van der Waals surface area contributed by atoms with Crippen molar-refractivity contribution in [3.8, 4) is 23.2 Å². The molecule has 2 fully saturated rings. The Hall–Kier alpha value is -2.96. The summed E-state index contributed by atoms with van der Waals surface area (Å²) < 4.78 is 7.44. The van der Waals surface area contributed by atoms with Gasteiger partial charge in [-0.25, -0.2) is 4.98 Å². The Labute approximate surface area is 199 Å². The van der Waals surface area contributed by atoms with Crippen LogP contribution in [-0.4, -0.2) is 62.1 Å². The van der Waals surface area contributed by atoms with Crippen LogP contribution >= 0.6 is 0 Å². The summed E-state index contributed by atoms with van der Waals surface area (Å²) in [5.74, 6) is 9.74. The predicted octanol–water partition coefficient (Wildman–Crippen LogP) is 2.05. The molecule has 1 aliphatic carbocycles. The summed E-state index contributed by atoms with van der Waals surface area (Å²) in [6.45, 7) is 6.67. The third-order valence-electron chi connectivity index (χ3n) is 6.85. The second kappa shape index (κ2) is 9.35. The maximum Gasteiger partial charge on any atom is 0.167 e. The number of β-amino-alcohol motifs (C(OH)–C–C–N with tert-alkyl or cyclic N) is 1. The highest BCUT2D eigenvalue weighted by atomic mass is 16.5. The minimum Gasteiger partial charge on any atom is -0.392 e. The van der Waals surface area contributed by atoms with Crippen molar-refractivity contribution in [3.63, 3.8) is 0 Å². The predicted molar refractivity (Wildman–Crippen MR) is 127 cm³/mol. The van der Waals surface area contributed by atoms with Crippen molar-refractivity contribution >= 4 is 0 Å². The van der Waals surface area contributed by atoms with Crippen molar-refractivity contribution in [2.75, 3.05) is 26.2 Å². The van der Waals surface area contributed by atoms with Crippen LogP contribution in [-0.2, 0) is 0 Å². The summed E-state index contributed by atoms with van der Waals surface area (Å²) in [6.07, 6.45) is 2.46. The van der Waals surface area contributed by atoms with Gasteiger partial charge in [0.15, 0.2) is 5.76 Å². The number of benzene rings is 1. The molecule has 8 nitrogen and oxygen atoms in total. The van der Waals surface area contributed by atoms with Crippen LogP contribution in [0.1, 0.15) is 43.1 Å². The maximum atomic E-state index is 9.97. The average molecular weight is 462 g/mol. The van der Waals surface area contributed by atoms with Crippen molar-refractivity contribution in [3.05, 3.63) is 59.8 Å². The number of piperidine rings is 1. The van der Waals surface area contributed by atoms with E-state index in [-0.39, 0.29) is 12.1 Å². The normalized spacial score (nSPS) is 24.2. The fourth-order valence-electron chi connectivity index (χ4n) is 5.11. The van der Waals surface area contributed by atoms with Crippen LogP contribution in [0.4, 0.5) is 0 Å². The first-order valence-electron chi connectivity index (χ1n) is 11.8. The van der Waals surface area contributed by atoms with Gasteiger partial charge in [0.2, 0.25) is 0 Å². The van der Waals surface area contributed by atoms with Gasteiger partial charge in [0, 0.05) is 61.7 Å². The molecule has 1 aliphatic heterocycles. The van der Waals surface area contributed by atoms with Gasteiger partial charge in [-0.3, -0.25) is 0 Å². The van der Waals surface area contributed by atoms with E-state index in [4.69, 9.17) is 10.3 Å². The summed E-state index contributed by atoms with van der Waals surface area (Å²) in [6, 6.07) is 9.59. The van der Waals surface area contributed by atoms with E-state index in [1.165, 1.54) is 0 Å². The Bertz CT molecular complexity index is 1170. The molecule has 6 atom stereocenters. The van der Waals surface area contributed by atoms with E-state index in [9.17, 15) is 10.2 Å². The molecule has 0 unspecified atom stereocenters. The first kappa shape index (κ1) is 22.8. The van der Waals surface area contributed by atoms with Gasteiger partial charge in [0.1, 0.15) is 17.6 Å². The van der Waals surface area contributed by atoms with Crippen LogP contribution < -0.4 is 5.73 Å². The molecule has 178 valence electrons. The standard InChI is InChI=1S/C26H31N5O3/c1-16(32)13-30-14-21-20(22(21)15-30)8-5-18-3-6-19(7-4-18)25-11-23(29-34-25)24(12-27)31-10-9-28-26(31)17(2)33/h3-4,6-7,9-11,16-17,20-22,24,32-33H,12-15,27H2,1-2H3/t16-,17+,20-,21-,22+,24-/m1/s1. The summed E-state index contributed by atoms with van der Waals surface area (Å²) in [5.41, 5.74) is 8.60. The first-order chi connectivity index (χ1) is 16.4. The monoisotopic (exact) mass is 461 g/mol. The molecule has 0 spiro atoms. The smallest absolute Gasteiger partial charge is 0.167 e. The second-order valence-corrected chi connectivity index (χ2v) is 9.50. The summed E-state index contributed by atoms with van der Waals surface area (Å²) in [7, 11) is 0. The SMILES string of the molecule is C[C@H](O)c1nccn1[C@H](CN)c1cc(-c2ccc(C#C[C@@H]3[C@H]4CN(C[C@@H](C)O)C[C@@H]34)cc2)on1. The maximum absolute atomic E-state index is 9.97. The minimum absolute atomic E-state index is 0.269. The Morgan fingerprint density at radius 2 is 1.91 bits per heavy atom. The molecule has 5 rings (SSSR count). The summed E-state index contributed by atoms with van der Waals surface area (Å²) >= 11 is 0.